The Labute approximate surface area is 107 Å². The summed E-state index contributed by atoms with van der Waals surface area (Å²) in [6.07, 6.45) is 3.46. The number of thioether (sulfide) groups is 1. The molecule has 17 heavy (non-hydrogen) atoms. The van der Waals surface area contributed by atoms with Gasteiger partial charge in [-0.05, 0) is 26.3 Å². The Bertz CT molecular complexity index is 306. The van der Waals surface area contributed by atoms with Crippen LogP contribution in [0.15, 0.2) is 11.5 Å². The van der Waals surface area contributed by atoms with Crippen LogP contribution >= 0.6 is 11.8 Å². The molecule has 0 bridgehead atoms. The smallest absolute Gasteiger partial charge is 0.183 e. The molecule has 5 nitrogen and oxygen atoms in total. The van der Waals surface area contributed by atoms with Crippen LogP contribution in [-0.4, -0.2) is 44.2 Å². The monoisotopic (exact) mass is 258 g/mol. The molecular formula is C11H22N4OS. The summed E-state index contributed by atoms with van der Waals surface area (Å²) in [5.41, 5.74) is -0.220. The van der Waals surface area contributed by atoms with Gasteiger partial charge in [-0.2, -0.15) is 5.10 Å². The van der Waals surface area contributed by atoms with Crippen LogP contribution in [0.3, 0.4) is 0 Å². The molecule has 6 heteroatoms. The molecule has 2 unspecified atom stereocenters. The fraction of sp³-hybridized carbons (Fsp3) is 0.818. The van der Waals surface area contributed by atoms with Gasteiger partial charge in [-0.1, -0.05) is 25.6 Å². The Morgan fingerprint density at radius 3 is 2.94 bits per heavy atom. The predicted molar refractivity (Wildman–Crippen MR) is 70.1 cm³/mol. The van der Waals surface area contributed by atoms with Crippen molar-refractivity contribution >= 4 is 11.8 Å². The second-order valence-corrected chi connectivity index (χ2v) is 6.00. The van der Waals surface area contributed by atoms with Crippen molar-refractivity contribution < 1.29 is 5.11 Å². The molecule has 1 heterocycles. The number of H-pyrrole nitrogens is 1. The standard InChI is InChI=1S/C11H22N4OS/c1-4-5-13-11(3,7-16)6-9(2)17-10-12-8-14-15-10/h8-9,13,16H,4-7H2,1-3H3,(H,12,14,15). The van der Waals surface area contributed by atoms with Gasteiger partial charge in [0, 0.05) is 10.8 Å². The molecule has 1 aromatic heterocycles. The van der Waals surface area contributed by atoms with E-state index < -0.39 is 0 Å². The molecule has 0 saturated heterocycles. The fourth-order valence-corrected chi connectivity index (χ4v) is 2.78. The van der Waals surface area contributed by atoms with Gasteiger partial charge in [0.05, 0.1) is 6.61 Å². The van der Waals surface area contributed by atoms with Crippen molar-refractivity contribution in [1.82, 2.24) is 20.5 Å². The van der Waals surface area contributed by atoms with Crippen molar-refractivity contribution in [3.63, 3.8) is 0 Å². The lowest BCUT2D eigenvalue weighted by molar-refractivity contribution is 0.166. The van der Waals surface area contributed by atoms with E-state index in [4.69, 9.17) is 0 Å². The van der Waals surface area contributed by atoms with E-state index in [1.807, 2.05) is 0 Å². The quantitative estimate of drug-likeness (QED) is 0.615. The summed E-state index contributed by atoms with van der Waals surface area (Å²) >= 11 is 1.65. The summed E-state index contributed by atoms with van der Waals surface area (Å²) < 4.78 is 0. The van der Waals surface area contributed by atoms with Gasteiger partial charge in [0.1, 0.15) is 6.33 Å². The van der Waals surface area contributed by atoms with E-state index in [1.54, 1.807) is 11.8 Å². The number of hydrogen-bond acceptors (Lipinski definition) is 5. The maximum atomic E-state index is 9.48. The van der Waals surface area contributed by atoms with Crippen LogP contribution in [0.4, 0.5) is 0 Å². The van der Waals surface area contributed by atoms with Crippen LogP contribution < -0.4 is 5.32 Å². The van der Waals surface area contributed by atoms with Crippen molar-refractivity contribution in [2.45, 2.75) is 49.6 Å². The van der Waals surface area contributed by atoms with Gasteiger partial charge >= 0.3 is 0 Å². The van der Waals surface area contributed by atoms with Gasteiger partial charge in [-0.25, -0.2) is 4.98 Å². The molecule has 3 N–H and O–H groups in total. The van der Waals surface area contributed by atoms with E-state index in [-0.39, 0.29) is 12.1 Å². The number of aromatic amines is 1. The number of aromatic nitrogens is 3. The van der Waals surface area contributed by atoms with Crippen LogP contribution in [-0.2, 0) is 0 Å². The first-order chi connectivity index (χ1) is 8.09. The lowest BCUT2D eigenvalue weighted by Crippen LogP contribution is -2.47. The molecule has 0 aromatic carbocycles. The van der Waals surface area contributed by atoms with E-state index in [0.717, 1.165) is 24.5 Å². The van der Waals surface area contributed by atoms with E-state index in [0.29, 0.717) is 5.25 Å². The zero-order valence-electron chi connectivity index (χ0n) is 10.7. The second-order valence-electron chi connectivity index (χ2n) is 4.57. The third kappa shape index (κ3) is 5.06. The SMILES string of the molecule is CCCNC(C)(CO)CC(C)Sc1ncn[nH]1. The molecule has 0 radical (unpaired) electrons. The largest absolute Gasteiger partial charge is 0.394 e. The number of rotatable bonds is 8. The van der Waals surface area contributed by atoms with Crippen LogP contribution in [0.5, 0.6) is 0 Å². The lowest BCUT2D eigenvalue weighted by Gasteiger charge is -2.31. The molecule has 0 saturated carbocycles. The molecule has 0 aliphatic heterocycles. The Kier molecular flexibility index (Phi) is 5.94. The van der Waals surface area contributed by atoms with Crippen LogP contribution in [0.25, 0.3) is 0 Å². The summed E-state index contributed by atoms with van der Waals surface area (Å²) in [5, 5.41) is 20.7. The first-order valence-electron chi connectivity index (χ1n) is 5.97. The van der Waals surface area contributed by atoms with E-state index in [1.165, 1.54) is 6.33 Å². The zero-order valence-corrected chi connectivity index (χ0v) is 11.5. The van der Waals surface area contributed by atoms with Crippen molar-refractivity contribution in [3.8, 4) is 0 Å². The first kappa shape index (κ1) is 14.5. The zero-order chi connectivity index (χ0) is 12.7. The van der Waals surface area contributed by atoms with Gasteiger partial charge in [0.25, 0.3) is 0 Å². The highest BCUT2D eigenvalue weighted by atomic mass is 32.2. The molecule has 0 fully saturated rings. The summed E-state index contributed by atoms with van der Waals surface area (Å²) in [4.78, 5) is 4.09. The van der Waals surface area contributed by atoms with E-state index in [2.05, 4.69) is 41.3 Å². The molecule has 0 aliphatic rings. The van der Waals surface area contributed by atoms with E-state index in [9.17, 15) is 5.11 Å². The molecule has 0 spiro atoms. The van der Waals surface area contributed by atoms with Crippen molar-refractivity contribution in [2.24, 2.45) is 0 Å². The van der Waals surface area contributed by atoms with Gasteiger partial charge in [-0.3, -0.25) is 5.10 Å². The minimum Gasteiger partial charge on any atom is -0.394 e. The number of aliphatic hydroxyl groups excluding tert-OH is 1. The summed E-state index contributed by atoms with van der Waals surface area (Å²) in [6, 6.07) is 0. The number of nitrogens with zero attached hydrogens (tertiary/aromatic N) is 2. The van der Waals surface area contributed by atoms with Crippen molar-refractivity contribution in [2.75, 3.05) is 13.2 Å². The van der Waals surface area contributed by atoms with Gasteiger partial charge < -0.3 is 10.4 Å². The average molecular weight is 258 g/mol. The van der Waals surface area contributed by atoms with Crippen molar-refractivity contribution in [1.29, 1.82) is 0 Å². The molecule has 2 atom stereocenters. The van der Waals surface area contributed by atoms with Gasteiger partial charge in [-0.15, -0.1) is 0 Å². The Morgan fingerprint density at radius 1 is 1.65 bits per heavy atom. The highest BCUT2D eigenvalue weighted by molar-refractivity contribution is 7.99. The van der Waals surface area contributed by atoms with Crippen LogP contribution in [0.1, 0.15) is 33.6 Å². The summed E-state index contributed by atoms with van der Waals surface area (Å²) in [6.45, 7) is 7.39. The van der Waals surface area contributed by atoms with Crippen LogP contribution in [0, 0.1) is 0 Å². The molecule has 0 aliphatic carbocycles. The van der Waals surface area contributed by atoms with Gasteiger partial charge in [0.15, 0.2) is 5.16 Å². The van der Waals surface area contributed by atoms with Gasteiger partial charge in [0.2, 0.25) is 0 Å². The third-order valence-electron chi connectivity index (χ3n) is 2.59. The molecule has 0 amide bonds. The lowest BCUT2D eigenvalue weighted by atomic mass is 9.97. The molecule has 1 rings (SSSR count). The highest BCUT2D eigenvalue weighted by Crippen LogP contribution is 2.25. The highest BCUT2D eigenvalue weighted by Gasteiger charge is 2.25. The van der Waals surface area contributed by atoms with Crippen molar-refractivity contribution in [3.05, 3.63) is 6.33 Å². The average Bonchev–Trinajstić information content (AvgIpc) is 2.79. The number of hydrogen-bond donors (Lipinski definition) is 3. The topological polar surface area (TPSA) is 73.8 Å². The molecular weight excluding hydrogens is 236 g/mol. The number of nitrogens with one attached hydrogen (secondary N) is 2. The molecule has 1 aromatic rings. The van der Waals surface area contributed by atoms with Crippen LogP contribution in [0.2, 0.25) is 0 Å². The Balaban J connectivity index is 2.43. The second kappa shape index (κ2) is 6.98. The normalized spacial score (nSPS) is 16.7. The maximum Gasteiger partial charge on any atom is 0.183 e. The van der Waals surface area contributed by atoms with E-state index >= 15 is 0 Å². The molecule has 98 valence electrons. The Morgan fingerprint density at radius 2 is 2.41 bits per heavy atom. The minimum absolute atomic E-state index is 0.147. The summed E-state index contributed by atoms with van der Waals surface area (Å²) in [7, 11) is 0. The third-order valence-corrected chi connectivity index (χ3v) is 3.58. The number of aliphatic hydroxyl groups is 1. The first-order valence-corrected chi connectivity index (χ1v) is 6.85. The fourth-order valence-electron chi connectivity index (χ4n) is 1.74. The summed E-state index contributed by atoms with van der Waals surface area (Å²) in [5.74, 6) is 0. The minimum atomic E-state index is -0.220. The Hall–Kier alpha value is -0.590. The maximum absolute atomic E-state index is 9.48. The predicted octanol–water partition coefficient (Wildman–Crippen LogP) is 1.43.